The quantitative estimate of drug-likeness (QED) is 0.142. The monoisotopic (exact) mass is 854 g/mol. The number of anilines is 6. The van der Waals surface area contributed by atoms with Gasteiger partial charge in [-0.3, -0.25) is 0 Å². The van der Waals surface area contributed by atoms with Crippen molar-refractivity contribution in [3.8, 4) is 22.3 Å². The van der Waals surface area contributed by atoms with E-state index in [2.05, 4.69) is 252 Å². The van der Waals surface area contributed by atoms with Crippen molar-refractivity contribution >= 4 is 99.2 Å². The van der Waals surface area contributed by atoms with Gasteiger partial charge in [-0.15, -0.1) is 0 Å². The molecule has 3 heteroatoms. The molecule has 0 saturated carbocycles. The van der Waals surface area contributed by atoms with E-state index < -0.39 is 0 Å². The maximum Gasteiger partial charge on any atom is 0.135 e. The molecule has 0 amide bonds. The molecule has 0 radical (unpaired) electrons. The van der Waals surface area contributed by atoms with E-state index in [1.165, 1.54) is 43.1 Å². The first-order chi connectivity index (χ1) is 33.2. The maximum atomic E-state index is 6.16. The van der Waals surface area contributed by atoms with Gasteiger partial charge in [-0.2, -0.15) is 0 Å². The van der Waals surface area contributed by atoms with Crippen molar-refractivity contribution in [2.45, 2.75) is 0 Å². The molecule has 0 atom stereocenters. The van der Waals surface area contributed by atoms with Crippen molar-refractivity contribution in [3.63, 3.8) is 0 Å². The molecule has 1 aromatic heterocycles. The lowest BCUT2D eigenvalue weighted by Crippen LogP contribution is -2.10. The molecule has 0 aliphatic rings. The second kappa shape index (κ2) is 16.0. The van der Waals surface area contributed by atoms with Crippen LogP contribution in [-0.2, 0) is 0 Å². The van der Waals surface area contributed by atoms with Crippen molar-refractivity contribution in [2.75, 3.05) is 9.80 Å². The van der Waals surface area contributed by atoms with Gasteiger partial charge < -0.3 is 14.2 Å². The van der Waals surface area contributed by atoms with E-state index in [-0.39, 0.29) is 0 Å². The van der Waals surface area contributed by atoms with Crippen molar-refractivity contribution in [1.29, 1.82) is 0 Å². The molecule has 12 aromatic carbocycles. The summed E-state index contributed by atoms with van der Waals surface area (Å²) >= 11 is 0. The van der Waals surface area contributed by atoms with Crippen LogP contribution in [0.1, 0.15) is 0 Å². The van der Waals surface area contributed by atoms with E-state index in [1.54, 1.807) is 0 Å². The first kappa shape index (κ1) is 38.5. The van der Waals surface area contributed by atoms with Crippen molar-refractivity contribution in [1.82, 2.24) is 0 Å². The Morgan fingerprint density at radius 2 is 0.657 bits per heavy atom. The highest BCUT2D eigenvalue weighted by Gasteiger charge is 2.19. The van der Waals surface area contributed by atoms with Crippen LogP contribution in [-0.4, -0.2) is 0 Å². The summed E-state index contributed by atoms with van der Waals surface area (Å²) < 4.78 is 6.16. The SMILES string of the molecule is c1ccc(N(c2ccc(-c3ccc(N(c4ccc(-c5ccc6oc7ccccc7c6c5)cc4)c4ccc5c6ccccc6c6ccccc6c5c4)cc3)cc2)c2cccc3ccccc23)cc1. The van der Waals surface area contributed by atoms with Crippen molar-refractivity contribution in [2.24, 2.45) is 0 Å². The average molecular weight is 855 g/mol. The summed E-state index contributed by atoms with van der Waals surface area (Å²) in [5.41, 5.74) is 13.0. The summed E-state index contributed by atoms with van der Waals surface area (Å²) in [6.45, 7) is 0. The number of nitrogens with zero attached hydrogens (tertiary/aromatic N) is 2. The van der Waals surface area contributed by atoms with Crippen LogP contribution in [0.2, 0.25) is 0 Å². The third kappa shape index (κ3) is 6.67. The predicted molar refractivity (Wildman–Crippen MR) is 284 cm³/mol. The number of hydrogen-bond donors (Lipinski definition) is 0. The van der Waals surface area contributed by atoms with Crippen LogP contribution in [0.15, 0.2) is 259 Å². The number of furan rings is 1. The Balaban J connectivity index is 0.895. The molecule has 314 valence electrons. The lowest BCUT2D eigenvalue weighted by Gasteiger charge is -2.27. The van der Waals surface area contributed by atoms with Gasteiger partial charge in [0, 0.05) is 44.6 Å². The molecule has 1 heterocycles. The lowest BCUT2D eigenvalue weighted by atomic mass is 9.94. The minimum Gasteiger partial charge on any atom is -0.456 e. The maximum absolute atomic E-state index is 6.16. The fourth-order valence-corrected chi connectivity index (χ4v) is 10.2. The van der Waals surface area contributed by atoms with Gasteiger partial charge in [-0.1, -0.05) is 170 Å². The average Bonchev–Trinajstić information content (AvgIpc) is 3.78. The Bertz CT molecular complexity index is 3930. The molecule has 0 saturated heterocycles. The topological polar surface area (TPSA) is 19.6 Å². The fraction of sp³-hybridized carbons (Fsp3) is 0. The number of rotatable bonds is 8. The van der Waals surface area contributed by atoms with Crippen LogP contribution in [0.5, 0.6) is 0 Å². The Hall–Kier alpha value is -8.92. The van der Waals surface area contributed by atoms with E-state index in [9.17, 15) is 0 Å². The minimum atomic E-state index is 0.902. The highest BCUT2D eigenvalue weighted by atomic mass is 16.3. The normalized spacial score (nSPS) is 11.6. The smallest absolute Gasteiger partial charge is 0.135 e. The molecule has 0 N–H and O–H groups in total. The highest BCUT2D eigenvalue weighted by Crippen LogP contribution is 2.43. The third-order valence-corrected chi connectivity index (χ3v) is 13.4. The van der Waals surface area contributed by atoms with Gasteiger partial charge in [-0.25, -0.2) is 0 Å². The summed E-state index contributed by atoms with van der Waals surface area (Å²) in [5.74, 6) is 0. The van der Waals surface area contributed by atoms with Gasteiger partial charge >= 0.3 is 0 Å². The second-order valence-corrected chi connectivity index (χ2v) is 17.3. The number of hydrogen-bond acceptors (Lipinski definition) is 3. The molecule has 0 fully saturated rings. The third-order valence-electron chi connectivity index (χ3n) is 13.4. The van der Waals surface area contributed by atoms with Crippen LogP contribution in [0.25, 0.3) is 87.3 Å². The van der Waals surface area contributed by atoms with Gasteiger partial charge in [0.25, 0.3) is 0 Å². The molecule has 0 aliphatic carbocycles. The van der Waals surface area contributed by atoms with Gasteiger partial charge in [-0.05, 0) is 145 Å². The Morgan fingerprint density at radius 3 is 1.30 bits per heavy atom. The van der Waals surface area contributed by atoms with E-state index in [0.717, 1.165) is 78.3 Å². The fourth-order valence-electron chi connectivity index (χ4n) is 10.2. The van der Waals surface area contributed by atoms with E-state index in [4.69, 9.17) is 4.42 Å². The Labute approximate surface area is 388 Å². The summed E-state index contributed by atoms with van der Waals surface area (Å²) in [4.78, 5) is 4.74. The molecule has 0 aliphatic heterocycles. The molecule has 13 rings (SSSR count). The van der Waals surface area contributed by atoms with Crippen molar-refractivity contribution in [3.05, 3.63) is 255 Å². The predicted octanol–water partition coefficient (Wildman–Crippen LogP) is 18.5. The van der Waals surface area contributed by atoms with E-state index in [1.807, 2.05) is 12.1 Å². The molecule has 0 spiro atoms. The molecular weight excluding hydrogens is 813 g/mol. The number of para-hydroxylation sites is 2. The van der Waals surface area contributed by atoms with Gasteiger partial charge in [0.05, 0.1) is 5.69 Å². The largest absolute Gasteiger partial charge is 0.456 e. The summed E-state index contributed by atoms with van der Waals surface area (Å²) in [6, 6.07) is 92.0. The minimum absolute atomic E-state index is 0.902. The molecule has 3 nitrogen and oxygen atoms in total. The molecule has 67 heavy (non-hydrogen) atoms. The Morgan fingerprint density at radius 1 is 0.224 bits per heavy atom. The Kier molecular flexibility index (Phi) is 9.17. The highest BCUT2D eigenvalue weighted by molar-refractivity contribution is 6.26. The van der Waals surface area contributed by atoms with E-state index in [0.29, 0.717) is 0 Å². The van der Waals surface area contributed by atoms with Crippen LogP contribution in [0.3, 0.4) is 0 Å². The first-order valence-corrected chi connectivity index (χ1v) is 22.9. The first-order valence-electron chi connectivity index (χ1n) is 22.9. The molecule has 0 bridgehead atoms. The summed E-state index contributed by atoms with van der Waals surface area (Å²) in [6.07, 6.45) is 0. The number of fused-ring (bicyclic) bond motifs is 10. The van der Waals surface area contributed by atoms with Crippen LogP contribution >= 0.6 is 0 Å². The standard InChI is InChI=1S/C64H42N2O/c1-2-15-48(16-3-1)66(62-23-12-14-46-13-4-5-17-53(46)62)51-36-27-44(28-37-51)43-25-32-49(33-26-43)65(52-38-39-58-56-20-7-6-18-54(56)55-19-8-9-21-57(55)60(58)42-52)50-34-29-45(30-35-50)47-31-40-64-61(41-47)59-22-10-11-24-63(59)67-64/h1-42H. The van der Waals surface area contributed by atoms with Crippen molar-refractivity contribution < 1.29 is 4.42 Å². The van der Waals surface area contributed by atoms with Gasteiger partial charge in [0.1, 0.15) is 11.2 Å². The van der Waals surface area contributed by atoms with Crippen LogP contribution in [0.4, 0.5) is 34.1 Å². The lowest BCUT2D eigenvalue weighted by molar-refractivity contribution is 0.669. The zero-order valence-electron chi connectivity index (χ0n) is 36.6. The molecule has 13 aromatic rings. The van der Waals surface area contributed by atoms with Gasteiger partial charge in [0.15, 0.2) is 0 Å². The number of benzene rings is 12. The zero-order chi connectivity index (χ0) is 44.3. The second-order valence-electron chi connectivity index (χ2n) is 17.3. The van der Waals surface area contributed by atoms with Crippen LogP contribution in [0, 0.1) is 0 Å². The zero-order valence-corrected chi connectivity index (χ0v) is 36.6. The van der Waals surface area contributed by atoms with Crippen LogP contribution < -0.4 is 9.80 Å². The van der Waals surface area contributed by atoms with Gasteiger partial charge in [0.2, 0.25) is 0 Å². The summed E-state index contributed by atoms with van der Waals surface area (Å²) in [5, 5.41) is 12.2. The summed E-state index contributed by atoms with van der Waals surface area (Å²) in [7, 11) is 0. The van der Waals surface area contributed by atoms with E-state index >= 15 is 0 Å². The molecule has 0 unspecified atom stereocenters. The molecular formula is C64H42N2O.